The molecule has 0 fully saturated rings. The first kappa shape index (κ1) is 20.3. The van der Waals surface area contributed by atoms with E-state index in [1.54, 1.807) is 24.3 Å². The van der Waals surface area contributed by atoms with Crippen LogP contribution in [0.4, 0.5) is 5.69 Å². The summed E-state index contributed by atoms with van der Waals surface area (Å²) in [4.78, 5) is 16.9. The number of amides is 1. The molecule has 5 nitrogen and oxygen atoms in total. The van der Waals surface area contributed by atoms with E-state index in [1.165, 1.54) is 0 Å². The van der Waals surface area contributed by atoms with Crippen LogP contribution < -0.4 is 10.6 Å². The Kier molecular flexibility index (Phi) is 5.65. The molecule has 150 valence electrons. The van der Waals surface area contributed by atoms with Crippen LogP contribution in [0.5, 0.6) is 0 Å². The van der Waals surface area contributed by atoms with Crippen molar-refractivity contribution >= 4 is 56.0 Å². The van der Waals surface area contributed by atoms with Crippen LogP contribution >= 0.6 is 28.1 Å². The van der Waals surface area contributed by atoms with Crippen molar-refractivity contribution in [3.63, 3.8) is 0 Å². The van der Waals surface area contributed by atoms with E-state index in [9.17, 15) is 4.79 Å². The number of carbonyl (C=O) groups is 1. The fourth-order valence-electron chi connectivity index (χ4n) is 2.98. The molecule has 0 atom stereocenters. The van der Waals surface area contributed by atoms with E-state index in [1.807, 2.05) is 50.2 Å². The normalized spacial score (nSPS) is 10.8. The Hall–Kier alpha value is -3.03. The van der Waals surface area contributed by atoms with E-state index in [2.05, 4.69) is 31.5 Å². The van der Waals surface area contributed by atoms with Gasteiger partial charge in [0.15, 0.2) is 10.7 Å². The second kappa shape index (κ2) is 8.38. The molecule has 1 amide bonds. The van der Waals surface area contributed by atoms with Gasteiger partial charge in [0.1, 0.15) is 5.52 Å². The minimum atomic E-state index is -0.275. The predicted octanol–water partition coefficient (Wildman–Crippen LogP) is 6.00. The Balaban J connectivity index is 1.53. The smallest absolute Gasteiger partial charge is 0.257 e. The molecule has 0 aliphatic rings. The molecular weight excluding hydrogens is 462 g/mol. The first-order valence-electron chi connectivity index (χ1n) is 9.25. The third-order valence-corrected chi connectivity index (χ3v) is 5.34. The topological polar surface area (TPSA) is 67.2 Å². The number of benzene rings is 3. The van der Waals surface area contributed by atoms with Crippen LogP contribution in [0.2, 0.25) is 0 Å². The van der Waals surface area contributed by atoms with Crippen LogP contribution in [-0.4, -0.2) is 16.0 Å². The molecule has 0 aliphatic carbocycles. The van der Waals surface area contributed by atoms with Crippen molar-refractivity contribution < 1.29 is 9.21 Å². The Morgan fingerprint density at radius 2 is 1.80 bits per heavy atom. The molecule has 0 aliphatic heterocycles. The molecule has 0 unspecified atom stereocenters. The van der Waals surface area contributed by atoms with Gasteiger partial charge in [0.25, 0.3) is 5.91 Å². The van der Waals surface area contributed by atoms with Gasteiger partial charge in [0.05, 0.1) is 0 Å². The molecule has 0 saturated carbocycles. The zero-order valence-electron chi connectivity index (χ0n) is 16.3. The van der Waals surface area contributed by atoms with Crippen LogP contribution in [-0.2, 0) is 0 Å². The van der Waals surface area contributed by atoms with Crippen LogP contribution in [0, 0.1) is 13.8 Å². The number of rotatable bonds is 3. The number of hydrogen-bond donors (Lipinski definition) is 2. The van der Waals surface area contributed by atoms with E-state index in [0.717, 1.165) is 38.0 Å². The van der Waals surface area contributed by atoms with E-state index in [4.69, 9.17) is 16.6 Å². The quantitative estimate of drug-likeness (QED) is 0.352. The van der Waals surface area contributed by atoms with E-state index < -0.39 is 0 Å². The summed E-state index contributed by atoms with van der Waals surface area (Å²) in [6.07, 6.45) is 0. The summed E-state index contributed by atoms with van der Waals surface area (Å²) in [5, 5.41) is 6.02. The number of nitrogens with zero attached hydrogens (tertiary/aromatic N) is 1. The monoisotopic (exact) mass is 479 g/mol. The van der Waals surface area contributed by atoms with Gasteiger partial charge in [-0.15, -0.1) is 0 Å². The average molecular weight is 480 g/mol. The van der Waals surface area contributed by atoms with E-state index in [0.29, 0.717) is 11.5 Å². The highest BCUT2D eigenvalue weighted by molar-refractivity contribution is 9.10. The minimum absolute atomic E-state index is 0.219. The number of anilines is 1. The van der Waals surface area contributed by atoms with Gasteiger partial charge in [-0.05, 0) is 85.7 Å². The van der Waals surface area contributed by atoms with Gasteiger partial charge in [0.2, 0.25) is 5.89 Å². The van der Waals surface area contributed by atoms with Crippen LogP contribution in [0.3, 0.4) is 0 Å². The number of aromatic nitrogens is 1. The Labute approximate surface area is 187 Å². The number of carbonyl (C=O) groups excluding carboxylic acids is 1. The number of thiocarbonyl (C=S) groups is 1. The number of aryl methyl sites for hydroxylation is 2. The van der Waals surface area contributed by atoms with Crippen molar-refractivity contribution in [2.24, 2.45) is 0 Å². The average Bonchev–Trinajstić information content (AvgIpc) is 3.13. The highest BCUT2D eigenvalue weighted by atomic mass is 79.9. The second-order valence-electron chi connectivity index (χ2n) is 6.94. The van der Waals surface area contributed by atoms with Gasteiger partial charge in [-0.2, -0.15) is 0 Å². The van der Waals surface area contributed by atoms with Gasteiger partial charge < -0.3 is 9.73 Å². The maximum Gasteiger partial charge on any atom is 0.257 e. The van der Waals surface area contributed by atoms with Crippen molar-refractivity contribution in [2.45, 2.75) is 13.8 Å². The van der Waals surface area contributed by atoms with Gasteiger partial charge in [0, 0.05) is 21.3 Å². The molecular formula is C23H18BrN3O2S. The molecule has 0 saturated heterocycles. The van der Waals surface area contributed by atoms with Crippen LogP contribution in [0.25, 0.3) is 22.6 Å². The highest BCUT2D eigenvalue weighted by Crippen LogP contribution is 2.28. The lowest BCUT2D eigenvalue weighted by Crippen LogP contribution is -2.34. The molecule has 0 bridgehead atoms. The zero-order chi connectivity index (χ0) is 21.3. The fraction of sp³-hybridized carbons (Fsp3) is 0.0870. The summed E-state index contributed by atoms with van der Waals surface area (Å²) in [5.41, 5.74) is 5.76. The predicted molar refractivity (Wildman–Crippen MR) is 127 cm³/mol. The van der Waals surface area contributed by atoms with Crippen LogP contribution in [0.1, 0.15) is 21.5 Å². The number of fused-ring (bicyclic) bond motifs is 1. The molecule has 30 heavy (non-hydrogen) atoms. The highest BCUT2D eigenvalue weighted by Gasteiger charge is 2.12. The largest absolute Gasteiger partial charge is 0.436 e. The third-order valence-electron chi connectivity index (χ3n) is 4.61. The number of oxazole rings is 1. The Morgan fingerprint density at radius 3 is 2.57 bits per heavy atom. The Morgan fingerprint density at radius 1 is 1.03 bits per heavy atom. The third kappa shape index (κ3) is 4.42. The van der Waals surface area contributed by atoms with E-state index >= 15 is 0 Å². The maximum atomic E-state index is 12.4. The molecule has 7 heteroatoms. The summed E-state index contributed by atoms with van der Waals surface area (Å²) in [7, 11) is 0. The lowest BCUT2D eigenvalue weighted by atomic mass is 10.1. The van der Waals surface area contributed by atoms with Gasteiger partial charge >= 0.3 is 0 Å². The summed E-state index contributed by atoms with van der Waals surface area (Å²) in [6, 6.07) is 18.8. The summed E-state index contributed by atoms with van der Waals surface area (Å²) in [5.74, 6) is 0.256. The molecule has 4 aromatic rings. The molecule has 1 heterocycles. The molecule has 4 rings (SSSR count). The first-order valence-corrected chi connectivity index (χ1v) is 10.5. The lowest BCUT2D eigenvalue weighted by Gasteiger charge is -2.12. The molecule has 0 spiro atoms. The molecule has 1 aromatic heterocycles. The summed E-state index contributed by atoms with van der Waals surface area (Å²) >= 11 is 8.69. The van der Waals surface area contributed by atoms with Crippen LogP contribution in [0.15, 0.2) is 69.6 Å². The van der Waals surface area contributed by atoms with Crippen molar-refractivity contribution in [2.75, 3.05) is 5.32 Å². The summed E-state index contributed by atoms with van der Waals surface area (Å²) < 4.78 is 6.83. The second-order valence-corrected chi connectivity index (χ2v) is 8.26. The fourth-order valence-corrected chi connectivity index (χ4v) is 3.44. The standard InChI is InChI=1S/C23H18BrN3O2S/c1-13-3-10-18-20(11-13)29-22(25-18)16-5-4-14(2)19(12-16)26-23(30)27-21(28)15-6-8-17(24)9-7-15/h3-12H,1-2H3,(H2,26,27,28,30). The minimum Gasteiger partial charge on any atom is -0.436 e. The van der Waals surface area contributed by atoms with E-state index in [-0.39, 0.29) is 11.0 Å². The van der Waals surface area contributed by atoms with Gasteiger partial charge in [-0.3, -0.25) is 10.1 Å². The van der Waals surface area contributed by atoms with Crippen molar-refractivity contribution in [3.8, 4) is 11.5 Å². The lowest BCUT2D eigenvalue weighted by molar-refractivity contribution is 0.0977. The SMILES string of the molecule is Cc1ccc2nc(-c3ccc(C)c(NC(=S)NC(=O)c4ccc(Br)cc4)c3)oc2c1. The van der Waals surface area contributed by atoms with Crippen molar-refractivity contribution in [3.05, 3.63) is 81.8 Å². The summed E-state index contributed by atoms with van der Waals surface area (Å²) in [6.45, 7) is 3.97. The number of nitrogens with one attached hydrogen (secondary N) is 2. The van der Waals surface area contributed by atoms with Gasteiger partial charge in [-0.25, -0.2) is 4.98 Å². The van der Waals surface area contributed by atoms with Gasteiger partial charge in [-0.1, -0.05) is 28.1 Å². The number of halogens is 1. The van der Waals surface area contributed by atoms with Crippen molar-refractivity contribution in [1.29, 1.82) is 0 Å². The molecule has 2 N–H and O–H groups in total. The first-order chi connectivity index (χ1) is 14.4. The zero-order valence-corrected chi connectivity index (χ0v) is 18.7. The molecule has 0 radical (unpaired) electrons. The van der Waals surface area contributed by atoms with Crippen molar-refractivity contribution in [1.82, 2.24) is 10.3 Å². The molecule has 3 aromatic carbocycles. The maximum absolute atomic E-state index is 12.4. The Bertz CT molecular complexity index is 1270. The number of hydrogen-bond acceptors (Lipinski definition) is 4.